The average molecular weight is 206 g/mol. The smallest absolute Gasteiger partial charge is 0.0819 e. The lowest BCUT2D eigenvalue weighted by atomic mass is 9.80. The molecule has 0 spiro atoms. The monoisotopic (exact) mass is 206 g/mol. The van der Waals surface area contributed by atoms with Crippen LogP contribution in [0, 0.1) is 6.92 Å². The zero-order chi connectivity index (χ0) is 10.9. The summed E-state index contributed by atoms with van der Waals surface area (Å²) in [7, 11) is 0. The number of hydrogen-bond acceptors (Lipinski definition) is 3. The highest BCUT2D eigenvalue weighted by molar-refractivity contribution is 5.69. The lowest BCUT2D eigenvalue weighted by Crippen LogP contribution is -2.43. The predicted molar refractivity (Wildman–Crippen MR) is 62.9 cm³/mol. The van der Waals surface area contributed by atoms with E-state index in [1.165, 1.54) is 0 Å². The molecule has 0 saturated heterocycles. The zero-order valence-electron chi connectivity index (χ0n) is 9.09. The van der Waals surface area contributed by atoms with Gasteiger partial charge >= 0.3 is 0 Å². The Balaban J connectivity index is 2.01. The summed E-state index contributed by atoms with van der Waals surface area (Å²) in [6.07, 6.45) is 2.92. The highest BCUT2D eigenvalue weighted by Crippen LogP contribution is 2.32. The summed E-state index contributed by atoms with van der Waals surface area (Å²) in [6, 6.07) is 5.90. The highest BCUT2D eigenvalue weighted by Gasteiger charge is 2.33. The molecule has 1 aliphatic carbocycles. The van der Waals surface area contributed by atoms with Crippen molar-refractivity contribution in [3.8, 4) is 0 Å². The van der Waals surface area contributed by atoms with Crippen LogP contribution in [-0.2, 0) is 0 Å². The standard InChI is InChI=1S/C12H18N2O/c1-9-4-2-5-10(11(9)13)14-8-12(15)6-3-7-12/h2,4-5,14-15H,3,6-8,13H2,1H3. The Labute approximate surface area is 90.3 Å². The first-order valence-corrected chi connectivity index (χ1v) is 5.42. The van der Waals surface area contributed by atoms with Gasteiger partial charge in [0.05, 0.1) is 17.0 Å². The third-order valence-corrected chi connectivity index (χ3v) is 3.22. The van der Waals surface area contributed by atoms with Gasteiger partial charge in [-0.05, 0) is 37.8 Å². The van der Waals surface area contributed by atoms with Gasteiger partial charge in [-0.15, -0.1) is 0 Å². The molecule has 0 aliphatic heterocycles. The van der Waals surface area contributed by atoms with Crippen LogP contribution in [0.3, 0.4) is 0 Å². The van der Waals surface area contributed by atoms with Crippen LogP contribution < -0.4 is 11.1 Å². The fraction of sp³-hybridized carbons (Fsp3) is 0.500. The normalized spacial score (nSPS) is 18.3. The summed E-state index contributed by atoms with van der Waals surface area (Å²) in [5, 5.41) is 13.1. The number of benzene rings is 1. The number of hydrogen-bond donors (Lipinski definition) is 3. The molecule has 0 atom stereocenters. The first-order chi connectivity index (χ1) is 7.11. The summed E-state index contributed by atoms with van der Waals surface area (Å²) in [6.45, 7) is 2.58. The van der Waals surface area contributed by atoms with Crippen molar-refractivity contribution in [2.75, 3.05) is 17.6 Å². The van der Waals surface area contributed by atoms with Crippen molar-refractivity contribution in [1.29, 1.82) is 0 Å². The number of aliphatic hydroxyl groups is 1. The van der Waals surface area contributed by atoms with Crippen LogP contribution in [0.1, 0.15) is 24.8 Å². The van der Waals surface area contributed by atoms with Crippen LogP contribution in [0.2, 0.25) is 0 Å². The van der Waals surface area contributed by atoms with Crippen molar-refractivity contribution < 1.29 is 5.11 Å². The highest BCUT2D eigenvalue weighted by atomic mass is 16.3. The lowest BCUT2D eigenvalue weighted by Gasteiger charge is -2.37. The van der Waals surface area contributed by atoms with Crippen molar-refractivity contribution >= 4 is 11.4 Å². The third-order valence-electron chi connectivity index (χ3n) is 3.22. The molecule has 3 nitrogen and oxygen atoms in total. The molecule has 1 aromatic carbocycles. The maximum atomic E-state index is 9.93. The van der Waals surface area contributed by atoms with Gasteiger partial charge in [0, 0.05) is 6.54 Å². The number of aryl methyl sites for hydroxylation is 1. The van der Waals surface area contributed by atoms with E-state index in [-0.39, 0.29) is 0 Å². The molecule has 15 heavy (non-hydrogen) atoms. The van der Waals surface area contributed by atoms with Crippen molar-refractivity contribution in [1.82, 2.24) is 0 Å². The summed E-state index contributed by atoms with van der Waals surface area (Å²) in [5.41, 5.74) is 8.20. The first-order valence-electron chi connectivity index (χ1n) is 5.42. The number of nitrogen functional groups attached to an aromatic ring is 1. The maximum Gasteiger partial charge on any atom is 0.0819 e. The molecule has 4 N–H and O–H groups in total. The number of nitrogens with two attached hydrogens (primary N) is 1. The molecule has 0 amide bonds. The molecule has 82 valence electrons. The molecule has 0 bridgehead atoms. The second-order valence-corrected chi connectivity index (χ2v) is 4.47. The van der Waals surface area contributed by atoms with E-state index in [0.29, 0.717) is 6.54 Å². The van der Waals surface area contributed by atoms with Crippen LogP contribution in [0.5, 0.6) is 0 Å². The minimum absolute atomic E-state index is 0.504. The molecule has 1 fully saturated rings. The number of anilines is 2. The van der Waals surface area contributed by atoms with E-state index in [0.717, 1.165) is 36.2 Å². The molecule has 0 heterocycles. The van der Waals surface area contributed by atoms with E-state index in [1.54, 1.807) is 0 Å². The minimum Gasteiger partial charge on any atom is -0.397 e. The van der Waals surface area contributed by atoms with Gasteiger partial charge in [-0.3, -0.25) is 0 Å². The van der Waals surface area contributed by atoms with Gasteiger partial charge in [-0.1, -0.05) is 12.1 Å². The summed E-state index contributed by atoms with van der Waals surface area (Å²) >= 11 is 0. The van der Waals surface area contributed by atoms with E-state index in [1.807, 2.05) is 25.1 Å². The largest absolute Gasteiger partial charge is 0.397 e. The van der Waals surface area contributed by atoms with E-state index < -0.39 is 5.60 Å². The van der Waals surface area contributed by atoms with Crippen molar-refractivity contribution in [3.05, 3.63) is 23.8 Å². The SMILES string of the molecule is Cc1cccc(NCC2(O)CCC2)c1N. The van der Waals surface area contributed by atoms with Crippen LogP contribution in [0.25, 0.3) is 0 Å². The van der Waals surface area contributed by atoms with Gasteiger partial charge in [0.1, 0.15) is 0 Å². The average Bonchev–Trinajstić information content (AvgIpc) is 2.17. The van der Waals surface area contributed by atoms with Crippen LogP contribution in [0.15, 0.2) is 18.2 Å². The van der Waals surface area contributed by atoms with Gasteiger partial charge < -0.3 is 16.2 Å². The fourth-order valence-electron chi connectivity index (χ4n) is 1.86. The molecular formula is C12H18N2O. The predicted octanol–water partition coefficient (Wildman–Crippen LogP) is 1.90. The van der Waals surface area contributed by atoms with Crippen LogP contribution in [-0.4, -0.2) is 17.3 Å². The number of rotatable bonds is 3. The minimum atomic E-state index is -0.504. The molecule has 0 radical (unpaired) electrons. The molecule has 2 rings (SSSR count). The summed E-state index contributed by atoms with van der Waals surface area (Å²) < 4.78 is 0. The van der Waals surface area contributed by atoms with Crippen LogP contribution in [0.4, 0.5) is 11.4 Å². The Hall–Kier alpha value is -1.22. The van der Waals surface area contributed by atoms with Crippen molar-refractivity contribution in [2.45, 2.75) is 31.8 Å². The molecule has 1 aromatic rings. The summed E-state index contributed by atoms with van der Waals surface area (Å²) in [4.78, 5) is 0. The Bertz CT molecular complexity index is 359. The maximum absolute atomic E-state index is 9.93. The zero-order valence-corrected chi connectivity index (χ0v) is 9.09. The fourth-order valence-corrected chi connectivity index (χ4v) is 1.86. The second kappa shape index (κ2) is 3.74. The molecule has 1 saturated carbocycles. The van der Waals surface area contributed by atoms with Gasteiger partial charge in [0.25, 0.3) is 0 Å². The molecule has 1 aliphatic rings. The molecule has 0 aromatic heterocycles. The third kappa shape index (κ3) is 2.07. The quantitative estimate of drug-likeness (QED) is 0.662. The second-order valence-electron chi connectivity index (χ2n) is 4.47. The Morgan fingerprint density at radius 2 is 2.20 bits per heavy atom. The first kappa shape index (κ1) is 10.3. The van der Waals surface area contributed by atoms with E-state index in [9.17, 15) is 5.11 Å². The summed E-state index contributed by atoms with van der Waals surface area (Å²) in [5.74, 6) is 0. The number of nitrogens with one attached hydrogen (secondary N) is 1. The van der Waals surface area contributed by atoms with E-state index in [2.05, 4.69) is 5.32 Å². The van der Waals surface area contributed by atoms with E-state index in [4.69, 9.17) is 5.73 Å². The topological polar surface area (TPSA) is 58.3 Å². The molecule has 3 heteroatoms. The number of para-hydroxylation sites is 1. The van der Waals surface area contributed by atoms with Gasteiger partial charge in [0.15, 0.2) is 0 Å². The van der Waals surface area contributed by atoms with Gasteiger partial charge in [-0.25, -0.2) is 0 Å². The molecule has 0 unspecified atom stereocenters. The Kier molecular flexibility index (Phi) is 2.57. The molecular weight excluding hydrogens is 188 g/mol. The Morgan fingerprint density at radius 3 is 2.80 bits per heavy atom. The van der Waals surface area contributed by atoms with Gasteiger partial charge in [-0.2, -0.15) is 0 Å². The van der Waals surface area contributed by atoms with Crippen LogP contribution >= 0.6 is 0 Å². The Morgan fingerprint density at radius 1 is 1.47 bits per heavy atom. The van der Waals surface area contributed by atoms with E-state index >= 15 is 0 Å². The van der Waals surface area contributed by atoms with Crippen molar-refractivity contribution in [3.63, 3.8) is 0 Å². The van der Waals surface area contributed by atoms with Gasteiger partial charge in [0.2, 0.25) is 0 Å². The lowest BCUT2D eigenvalue weighted by molar-refractivity contribution is -0.0201. The van der Waals surface area contributed by atoms with Crippen molar-refractivity contribution in [2.24, 2.45) is 0 Å².